The fraction of sp³-hybridized carbons (Fsp3) is 0.333. The molecule has 2 N–H and O–H groups in total. The van der Waals surface area contributed by atoms with Crippen LogP contribution in [0, 0.1) is 5.82 Å². The average molecular weight is 402 g/mol. The molecule has 5 nitrogen and oxygen atoms in total. The van der Waals surface area contributed by atoms with Crippen LogP contribution in [-0.4, -0.2) is 35.7 Å². The van der Waals surface area contributed by atoms with E-state index in [1.54, 1.807) is 12.1 Å². The molecule has 0 spiro atoms. The molecule has 3 amide bonds. The summed E-state index contributed by atoms with van der Waals surface area (Å²) in [6, 6.07) is 13.7. The maximum atomic E-state index is 12.9. The van der Waals surface area contributed by atoms with Crippen molar-refractivity contribution in [1.82, 2.24) is 10.2 Å². The van der Waals surface area contributed by atoms with E-state index < -0.39 is 0 Å². The van der Waals surface area contributed by atoms with Crippen LogP contribution in [0.15, 0.2) is 53.4 Å². The zero-order valence-corrected chi connectivity index (χ0v) is 16.4. The number of hydrogen-bond acceptors (Lipinski definition) is 3. The molecular weight excluding hydrogens is 377 g/mol. The number of urea groups is 1. The molecule has 1 aliphatic heterocycles. The summed E-state index contributed by atoms with van der Waals surface area (Å²) in [6.07, 6.45) is 2.49. The quantitative estimate of drug-likeness (QED) is 0.682. The zero-order chi connectivity index (χ0) is 19.8. The van der Waals surface area contributed by atoms with Crippen LogP contribution in [0.5, 0.6) is 0 Å². The van der Waals surface area contributed by atoms with Gasteiger partial charge in [-0.2, -0.15) is 0 Å². The van der Waals surface area contributed by atoms with Gasteiger partial charge in [0.2, 0.25) is 5.91 Å². The van der Waals surface area contributed by atoms with Crippen LogP contribution in [0.2, 0.25) is 0 Å². The summed E-state index contributed by atoms with van der Waals surface area (Å²) >= 11 is 1.52. The first-order chi connectivity index (χ1) is 13.6. The van der Waals surface area contributed by atoms with E-state index >= 15 is 0 Å². The highest BCUT2D eigenvalue weighted by Crippen LogP contribution is 2.19. The highest BCUT2D eigenvalue weighted by molar-refractivity contribution is 7.99. The monoisotopic (exact) mass is 401 g/mol. The number of carbonyl (C=O) groups excluding carboxylic acids is 2. The number of rotatable bonds is 7. The summed E-state index contributed by atoms with van der Waals surface area (Å²) in [5.41, 5.74) is 1.66. The second-order valence-electron chi connectivity index (χ2n) is 6.65. The summed E-state index contributed by atoms with van der Waals surface area (Å²) in [5, 5.41) is 5.81. The van der Waals surface area contributed by atoms with Gasteiger partial charge in [0, 0.05) is 42.4 Å². The van der Waals surface area contributed by atoms with Gasteiger partial charge in [-0.25, -0.2) is 9.18 Å². The van der Waals surface area contributed by atoms with Gasteiger partial charge < -0.3 is 15.5 Å². The Labute approximate surface area is 168 Å². The van der Waals surface area contributed by atoms with E-state index in [0.717, 1.165) is 42.1 Å². The second kappa shape index (κ2) is 10.1. The van der Waals surface area contributed by atoms with Gasteiger partial charge in [-0.3, -0.25) is 4.79 Å². The lowest BCUT2D eigenvalue weighted by Gasteiger charge is -2.16. The van der Waals surface area contributed by atoms with E-state index in [4.69, 9.17) is 0 Å². The van der Waals surface area contributed by atoms with Crippen molar-refractivity contribution >= 4 is 29.4 Å². The fourth-order valence-electron chi connectivity index (χ4n) is 2.96. The Morgan fingerprint density at radius 2 is 1.82 bits per heavy atom. The van der Waals surface area contributed by atoms with Crippen molar-refractivity contribution in [3.63, 3.8) is 0 Å². The van der Waals surface area contributed by atoms with Crippen molar-refractivity contribution in [2.75, 3.05) is 24.2 Å². The summed E-state index contributed by atoms with van der Waals surface area (Å²) in [6.45, 7) is 2.02. The molecular formula is C21H24FN3O2S. The van der Waals surface area contributed by atoms with Crippen LogP contribution in [-0.2, 0) is 11.3 Å². The predicted molar refractivity (Wildman–Crippen MR) is 110 cm³/mol. The SMILES string of the molecule is O=C(CCSc1ccc(F)cc1)NCc1cccc(NC(=O)N2CCCC2)c1. The zero-order valence-electron chi connectivity index (χ0n) is 15.6. The molecule has 0 atom stereocenters. The largest absolute Gasteiger partial charge is 0.352 e. The topological polar surface area (TPSA) is 61.4 Å². The average Bonchev–Trinajstić information content (AvgIpc) is 3.23. The predicted octanol–water partition coefficient (Wildman–Crippen LogP) is 4.25. The summed E-state index contributed by atoms with van der Waals surface area (Å²) in [5.74, 6) is 0.325. The van der Waals surface area contributed by atoms with Crippen LogP contribution in [0.25, 0.3) is 0 Å². The number of likely N-dealkylation sites (tertiary alicyclic amines) is 1. The smallest absolute Gasteiger partial charge is 0.321 e. The van der Waals surface area contributed by atoms with Crippen molar-refractivity contribution in [2.24, 2.45) is 0 Å². The van der Waals surface area contributed by atoms with Crippen molar-refractivity contribution in [3.8, 4) is 0 Å². The molecule has 0 aromatic heterocycles. The third-order valence-electron chi connectivity index (χ3n) is 4.47. The number of thioether (sulfide) groups is 1. The van der Waals surface area contributed by atoms with Gasteiger partial charge in [0.05, 0.1) is 0 Å². The van der Waals surface area contributed by atoms with Crippen molar-refractivity contribution in [1.29, 1.82) is 0 Å². The Kier molecular flexibility index (Phi) is 7.31. The number of amides is 3. The van der Waals surface area contributed by atoms with E-state index in [-0.39, 0.29) is 17.8 Å². The lowest BCUT2D eigenvalue weighted by molar-refractivity contribution is -0.120. The van der Waals surface area contributed by atoms with Crippen LogP contribution in [0.3, 0.4) is 0 Å². The van der Waals surface area contributed by atoms with Gasteiger partial charge >= 0.3 is 6.03 Å². The normalized spacial score (nSPS) is 13.4. The Bertz CT molecular complexity index is 808. The van der Waals surface area contributed by atoms with Crippen molar-refractivity contribution < 1.29 is 14.0 Å². The Morgan fingerprint density at radius 1 is 1.07 bits per heavy atom. The van der Waals surface area contributed by atoms with Crippen LogP contribution in [0.1, 0.15) is 24.8 Å². The van der Waals surface area contributed by atoms with Crippen molar-refractivity contribution in [3.05, 3.63) is 59.9 Å². The van der Waals surface area contributed by atoms with E-state index in [1.165, 1.54) is 23.9 Å². The molecule has 0 radical (unpaired) electrons. The number of benzene rings is 2. The maximum absolute atomic E-state index is 12.9. The Balaban J connectivity index is 1.40. The molecule has 0 aliphatic carbocycles. The Hall–Kier alpha value is -2.54. The molecule has 1 saturated heterocycles. The van der Waals surface area contributed by atoms with Gasteiger partial charge in [-0.05, 0) is 54.8 Å². The first-order valence-electron chi connectivity index (χ1n) is 9.40. The molecule has 2 aromatic rings. The molecule has 7 heteroatoms. The van der Waals surface area contributed by atoms with Gasteiger partial charge in [0.1, 0.15) is 5.82 Å². The minimum absolute atomic E-state index is 0.0406. The third-order valence-corrected chi connectivity index (χ3v) is 5.49. The molecule has 2 aromatic carbocycles. The highest BCUT2D eigenvalue weighted by atomic mass is 32.2. The molecule has 3 rings (SSSR count). The number of nitrogens with one attached hydrogen (secondary N) is 2. The molecule has 0 bridgehead atoms. The number of halogens is 1. The standard InChI is InChI=1S/C21H24FN3O2S/c22-17-6-8-19(9-7-17)28-13-10-20(26)23-15-16-4-3-5-18(14-16)24-21(27)25-11-1-2-12-25/h3-9,14H,1-2,10-13,15H2,(H,23,26)(H,24,27). The molecule has 1 heterocycles. The van der Waals surface area contributed by atoms with Crippen LogP contribution in [0.4, 0.5) is 14.9 Å². The van der Waals surface area contributed by atoms with E-state index in [1.807, 2.05) is 29.2 Å². The third kappa shape index (κ3) is 6.27. The lowest BCUT2D eigenvalue weighted by Crippen LogP contribution is -2.32. The second-order valence-corrected chi connectivity index (χ2v) is 7.82. The fourth-order valence-corrected chi connectivity index (χ4v) is 3.81. The molecule has 1 aliphatic rings. The summed E-state index contributed by atoms with van der Waals surface area (Å²) in [7, 11) is 0. The first kappa shape index (κ1) is 20.2. The molecule has 0 unspecified atom stereocenters. The molecule has 1 fully saturated rings. The van der Waals surface area contributed by atoms with Gasteiger partial charge in [-0.1, -0.05) is 12.1 Å². The van der Waals surface area contributed by atoms with E-state index in [9.17, 15) is 14.0 Å². The minimum Gasteiger partial charge on any atom is -0.352 e. The molecule has 28 heavy (non-hydrogen) atoms. The van der Waals surface area contributed by atoms with E-state index in [2.05, 4.69) is 10.6 Å². The number of nitrogens with zero attached hydrogens (tertiary/aromatic N) is 1. The molecule has 0 saturated carbocycles. The maximum Gasteiger partial charge on any atom is 0.321 e. The van der Waals surface area contributed by atoms with E-state index in [0.29, 0.717) is 18.7 Å². The number of anilines is 1. The van der Waals surface area contributed by atoms with Crippen molar-refractivity contribution in [2.45, 2.75) is 30.7 Å². The minimum atomic E-state index is -0.263. The summed E-state index contributed by atoms with van der Waals surface area (Å²) in [4.78, 5) is 27.0. The number of hydrogen-bond donors (Lipinski definition) is 2. The van der Waals surface area contributed by atoms with Crippen LogP contribution >= 0.6 is 11.8 Å². The van der Waals surface area contributed by atoms with Crippen LogP contribution < -0.4 is 10.6 Å². The Morgan fingerprint density at radius 3 is 2.57 bits per heavy atom. The first-order valence-corrected chi connectivity index (χ1v) is 10.4. The lowest BCUT2D eigenvalue weighted by atomic mass is 10.2. The summed E-state index contributed by atoms with van der Waals surface area (Å²) < 4.78 is 12.9. The highest BCUT2D eigenvalue weighted by Gasteiger charge is 2.17. The van der Waals surface area contributed by atoms with Gasteiger partial charge in [0.25, 0.3) is 0 Å². The van der Waals surface area contributed by atoms with Gasteiger partial charge in [0.15, 0.2) is 0 Å². The number of carbonyl (C=O) groups is 2. The molecule has 148 valence electrons. The van der Waals surface area contributed by atoms with Gasteiger partial charge in [-0.15, -0.1) is 11.8 Å².